The van der Waals surface area contributed by atoms with Gasteiger partial charge < -0.3 is 9.88 Å². The summed E-state index contributed by atoms with van der Waals surface area (Å²) in [5.41, 5.74) is 7.45. The number of aromatic nitrogens is 4. The number of hydrogen-bond acceptors (Lipinski definition) is 5. The van der Waals surface area contributed by atoms with Crippen molar-refractivity contribution in [1.29, 1.82) is 0 Å². The molecule has 0 saturated carbocycles. The molecule has 5 aromatic rings. The number of carbonyl (C=O) groups excluding carboxylic acids is 1. The van der Waals surface area contributed by atoms with Crippen LogP contribution < -0.4 is 5.32 Å². The highest BCUT2D eigenvalue weighted by molar-refractivity contribution is 7.99. The molecule has 0 saturated heterocycles. The quantitative estimate of drug-likeness (QED) is 0.257. The topological polar surface area (TPSA) is 64.7 Å². The van der Waals surface area contributed by atoms with Crippen LogP contribution in [0.4, 0.5) is 10.1 Å². The number of fused-ring (bicyclic) bond motifs is 1. The first-order chi connectivity index (χ1) is 17.2. The van der Waals surface area contributed by atoms with Gasteiger partial charge in [-0.2, -0.15) is 0 Å². The maximum Gasteiger partial charge on any atom is 0.234 e. The Balaban J connectivity index is 1.52. The van der Waals surface area contributed by atoms with Crippen molar-refractivity contribution in [3.63, 3.8) is 0 Å². The van der Waals surface area contributed by atoms with Gasteiger partial charge in [0.2, 0.25) is 5.91 Å². The van der Waals surface area contributed by atoms with Crippen molar-refractivity contribution in [1.82, 2.24) is 19.3 Å². The second kappa shape index (κ2) is 9.55. The van der Waals surface area contributed by atoms with Crippen LogP contribution in [0.25, 0.3) is 27.4 Å². The van der Waals surface area contributed by atoms with Crippen molar-refractivity contribution >= 4 is 44.9 Å². The Hall–Kier alpha value is -3.43. The van der Waals surface area contributed by atoms with Crippen LogP contribution in [0.2, 0.25) is 0 Å². The smallest absolute Gasteiger partial charge is 0.234 e. The SMILES string of the molecule is Cc1cc(C)c(-n2c(SCC(=O)Nc3ccc(C)c(F)c3)nnc2-c2cc3sccc3n2C)c(C)c1. The maximum atomic E-state index is 13.9. The van der Waals surface area contributed by atoms with E-state index < -0.39 is 0 Å². The summed E-state index contributed by atoms with van der Waals surface area (Å²) in [6, 6.07) is 13.2. The number of benzene rings is 2. The van der Waals surface area contributed by atoms with Gasteiger partial charge in [0, 0.05) is 12.7 Å². The summed E-state index contributed by atoms with van der Waals surface area (Å²) in [7, 11) is 2.03. The molecule has 0 aliphatic heterocycles. The van der Waals surface area contributed by atoms with Gasteiger partial charge in [-0.3, -0.25) is 9.36 Å². The highest BCUT2D eigenvalue weighted by Crippen LogP contribution is 2.35. The van der Waals surface area contributed by atoms with Gasteiger partial charge in [0.15, 0.2) is 11.0 Å². The first-order valence-corrected chi connectivity index (χ1v) is 13.3. The molecule has 0 aliphatic carbocycles. The number of amides is 1. The molecule has 0 aliphatic rings. The zero-order valence-electron chi connectivity index (χ0n) is 20.7. The van der Waals surface area contributed by atoms with Gasteiger partial charge in [-0.15, -0.1) is 21.5 Å². The number of halogens is 1. The lowest BCUT2D eigenvalue weighted by Crippen LogP contribution is -2.15. The van der Waals surface area contributed by atoms with Crippen molar-refractivity contribution in [3.05, 3.63) is 75.9 Å². The molecule has 184 valence electrons. The predicted molar refractivity (Wildman–Crippen MR) is 146 cm³/mol. The monoisotopic (exact) mass is 519 g/mol. The standard InChI is InChI=1S/C27H26FN5OS2/c1-15-10-17(3)25(18(4)11-15)33-26(22-13-23-21(32(22)5)8-9-35-23)30-31-27(33)36-14-24(34)29-19-7-6-16(2)20(28)12-19/h6-13H,14H2,1-5H3,(H,29,34). The fraction of sp³-hybridized carbons (Fsp3) is 0.222. The van der Waals surface area contributed by atoms with E-state index in [2.05, 4.69) is 70.5 Å². The number of carbonyl (C=O) groups is 1. The van der Waals surface area contributed by atoms with E-state index >= 15 is 0 Å². The molecule has 2 aromatic carbocycles. The fourth-order valence-electron chi connectivity index (χ4n) is 4.52. The molecule has 0 unspecified atom stereocenters. The van der Waals surface area contributed by atoms with Gasteiger partial charge in [0.05, 0.1) is 27.4 Å². The zero-order chi connectivity index (χ0) is 25.6. The minimum Gasteiger partial charge on any atom is -0.340 e. The lowest BCUT2D eigenvalue weighted by Gasteiger charge is -2.17. The number of anilines is 1. The fourth-order valence-corrected chi connectivity index (χ4v) is 6.11. The first kappa shape index (κ1) is 24.3. The molecular weight excluding hydrogens is 493 g/mol. The van der Waals surface area contributed by atoms with E-state index in [1.807, 2.05) is 11.6 Å². The Morgan fingerprint density at radius 1 is 1.03 bits per heavy atom. The van der Waals surface area contributed by atoms with Crippen LogP contribution >= 0.6 is 23.1 Å². The van der Waals surface area contributed by atoms with Crippen LogP contribution in [0.3, 0.4) is 0 Å². The molecule has 0 bridgehead atoms. The van der Waals surface area contributed by atoms with Crippen molar-refractivity contribution in [2.24, 2.45) is 7.05 Å². The number of thioether (sulfide) groups is 1. The molecule has 0 fully saturated rings. The minimum absolute atomic E-state index is 0.111. The Bertz CT molecular complexity index is 1590. The second-order valence-electron chi connectivity index (χ2n) is 8.95. The van der Waals surface area contributed by atoms with Crippen LogP contribution in [0.5, 0.6) is 0 Å². The van der Waals surface area contributed by atoms with Gasteiger partial charge in [0.25, 0.3) is 0 Å². The molecule has 6 nitrogen and oxygen atoms in total. The largest absolute Gasteiger partial charge is 0.340 e. The summed E-state index contributed by atoms with van der Waals surface area (Å²) in [5, 5.41) is 14.5. The van der Waals surface area contributed by atoms with E-state index in [-0.39, 0.29) is 17.5 Å². The summed E-state index contributed by atoms with van der Waals surface area (Å²) in [5.74, 6) is 0.244. The van der Waals surface area contributed by atoms with E-state index in [0.29, 0.717) is 16.4 Å². The normalized spacial score (nSPS) is 11.4. The lowest BCUT2D eigenvalue weighted by atomic mass is 10.0. The van der Waals surface area contributed by atoms with Gasteiger partial charge in [0.1, 0.15) is 5.82 Å². The van der Waals surface area contributed by atoms with Crippen molar-refractivity contribution < 1.29 is 9.18 Å². The number of aryl methyl sites for hydroxylation is 5. The summed E-state index contributed by atoms with van der Waals surface area (Å²) in [6.45, 7) is 7.92. The summed E-state index contributed by atoms with van der Waals surface area (Å²) in [4.78, 5) is 12.7. The molecule has 5 rings (SSSR count). The number of thiophene rings is 1. The first-order valence-electron chi connectivity index (χ1n) is 11.5. The highest BCUT2D eigenvalue weighted by atomic mass is 32.2. The lowest BCUT2D eigenvalue weighted by molar-refractivity contribution is -0.113. The van der Waals surface area contributed by atoms with Crippen LogP contribution in [-0.2, 0) is 11.8 Å². The number of nitrogens with zero attached hydrogens (tertiary/aromatic N) is 4. The number of hydrogen-bond donors (Lipinski definition) is 1. The molecule has 1 amide bonds. The number of rotatable bonds is 6. The molecule has 0 spiro atoms. The zero-order valence-corrected chi connectivity index (χ0v) is 22.4. The van der Waals surface area contributed by atoms with Crippen molar-refractivity contribution in [3.8, 4) is 17.2 Å². The van der Waals surface area contributed by atoms with E-state index in [0.717, 1.165) is 33.8 Å². The summed E-state index contributed by atoms with van der Waals surface area (Å²) >= 11 is 2.99. The van der Waals surface area contributed by atoms with E-state index in [1.54, 1.807) is 30.4 Å². The third kappa shape index (κ3) is 4.44. The molecule has 36 heavy (non-hydrogen) atoms. The molecular formula is C27H26FN5OS2. The van der Waals surface area contributed by atoms with Crippen LogP contribution in [0, 0.1) is 33.5 Å². The molecule has 3 heterocycles. The van der Waals surface area contributed by atoms with Gasteiger partial charge in [-0.05, 0) is 74.0 Å². The van der Waals surface area contributed by atoms with Gasteiger partial charge in [-0.25, -0.2) is 4.39 Å². The maximum absolute atomic E-state index is 13.9. The molecule has 1 N–H and O–H groups in total. The average molecular weight is 520 g/mol. The van der Waals surface area contributed by atoms with Gasteiger partial charge >= 0.3 is 0 Å². The molecule has 3 aromatic heterocycles. The third-order valence-corrected chi connectivity index (χ3v) is 7.96. The Kier molecular flexibility index (Phi) is 6.44. The van der Waals surface area contributed by atoms with Crippen molar-refractivity contribution in [2.45, 2.75) is 32.9 Å². The summed E-state index contributed by atoms with van der Waals surface area (Å²) < 4.78 is 19.2. The average Bonchev–Trinajstić information content (AvgIpc) is 3.51. The minimum atomic E-state index is -0.349. The number of nitrogens with one attached hydrogen (secondary N) is 1. The van der Waals surface area contributed by atoms with Crippen LogP contribution in [-0.4, -0.2) is 31.0 Å². The van der Waals surface area contributed by atoms with Crippen LogP contribution in [0.15, 0.2) is 53.0 Å². The highest BCUT2D eigenvalue weighted by Gasteiger charge is 2.23. The van der Waals surface area contributed by atoms with Gasteiger partial charge in [-0.1, -0.05) is 35.5 Å². The Morgan fingerprint density at radius 2 is 1.78 bits per heavy atom. The van der Waals surface area contributed by atoms with Crippen LogP contribution in [0.1, 0.15) is 22.3 Å². The third-order valence-electron chi connectivity index (χ3n) is 6.17. The Morgan fingerprint density at radius 3 is 2.47 bits per heavy atom. The van der Waals surface area contributed by atoms with E-state index in [9.17, 15) is 9.18 Å². The molecule has 0 radical (unpaired) electrons. The van der Waals surface area contributed by atoms with Crippen molar-refractivity contribution in [2.75, 3.05) is 11.1 Å². The molecule has 9 heteroatoms. The predicted octanol–water partition coefficient (Wildman–Crippen LogP) is 6.59. The summed E-state index contributed by atoms with van der Waals surface area (Å²) in [6.07, 6.45) is 0. The van der Waals surface area contributed by atoms with E-state index in [4.69, 9.17) is 0 Å². The second-order valence-corrected chi connectivity index (χ2v) is 10.8. The Labute approximate surface area is 217 Å². The van der Waals surface area contributed by atoms with E-state index in [1.165, 1.54) is 28.1 Å². The molecule has 0 atom stereocenters.